The number of carbonyl (C=O) groups is 2. The highest BCUT2D eigenvalue weighted by Gasteiger charge is 2.15. The van der Waals surface area contributed by atoms with Gasteiger partial charge in [-0.05, 0) is 90.6 Å². The Hall–Kier alpha value is -3.12. The number of amides is 1. The van der Waals surface area contributed by atoms with Gasteiger partial charge in [0, 0.05) is 11.4 Å². The summed E-state index contributed by atoms with van der Waals surface area (Å²) in [7, 11) is 1.34. The number of aryl methyl sites for hydroxylation is 3. The predicted octanol–water partition coefficient (Wildman–Crippen LogP) is 7.02. The van der Waals surface area contributed by atoms with Crippen LogP contribution < -0.4 is 10.1 Å². The fraction of sp³-hybridized carbons (Fsp3) is 0.419. The Morgan fingerprint density at radius 1 is 0.946 bits per heavy atom. The number of benzene rings is 2. The summed E-state index contributed by atoms with van der Waals surface area (Å²) in [6.45, 7) is 11.9. The second-order valence-corrected chi connectivity index (χ2v) is 11.6. The Balaban J connectivity index is 1.46. The van der Waals surface area contributed by atoms with Crippen molar-refractivity contribution in [2.75, 3.05) is 20.3 Å². The highest BCUT2D eigenvalue weighted by Crippen LogP contribution is 2.33. The normalized spacial score (nSPS) is 11.3. The van der Waals surface area contributed by atoms with E-state index in [1.165, 1.54) is 51.1 Å². The van der Waals surface area contributed by atoms with Crippen LogP contribution >= 0.6 is 11.3 Å². The zero-order valence-electron chi connectivity index (χ0n) is 22.9. The van der Waals surface area contributed by atoms with Crippen molar-refractivity contribution in [3.05, 3.63) is 75.0 Å². The van der Waals surface area contributed by atoms with E-state index >= 15 is 0 Å². The molecule has 0 radical (unpaired) electrons. The van der Waals surface area contributed by atoms with Gasteiger partial charge in [-0.1, -0.05) is 45.0 Å². The van der Waals surface area contributed by atoms with Gasteiger partial charge in [0.25, 0.3) is 5.91 Å². The van der Waals surface area contributed by atoms with E-state index in [-0.39, 0.29) is 30.3 Å². The molecule has 3 aromatic rings. The minimum atomic E-state index is -0.332. The van der Waals surface area contributed by atoms with E-state index in [0.717, 1.165) is 25.0 Å². The standard InChI is InChI=1S/C31H39NO4S/c1-21-19-25(20-22(2)29(21)23-10-12-24(13-11-23)31(3,4)5)36-18-8-7-9-26-14-15-27(37-26)30(34)32-17-16-28(33)35-6/h10-15,19-20H,7-9,16-18H2,1-6H3,(H,32,34). The van der Waals surface area contributed by atoms with E-state index in [1.807, 2.05) is 12.1 Å². The van der Waals surface area contributed by atoms with Gasteiger partial charge in [0.1, 0.15) is 5.75 Å². The summed E-state index contributed by atoms with van der Waals surface area (Å²) >= 11 is 1.50. The summed E-state index contributed by atoms with van der Waals surface area (Å²) in [6.07, 6.45) is 3.00. The van der Waals surface area contributed by atoms with Crippen molar-refractivity contribution >= 4 is 23.2 Å². The molecule has 0 atom stereocenters. The van der Waals surface area contributed by atoms with Crippen molar-refractivity contribution in [2.24, 2.45) is 0 Å². The van der Waals surface area contributed by atoms with Gasteiger partial charge in [-0.15, -0.1) is 11.3 Å². The van der Waals surface area contributed by atoms with Gasteiger partial charge in [0.15, 0.2) is 0 Å². The molecule has 1 N–H and O–H groups in total. The lowest BCUT2D eigenvalue weighted by molar-refractivity contribution is -0.140. The first-order valence-electron chi connectivity index (χ1n) is 12.9. The first-order valence-corrected chi connectivity index (χ1v) is 13.7. The smallest absolute Gasteiger partial charge is 0.307 e. The van der Waals surface area contributed by atoms with Crippen molar-refractivity contribution in [3.63, 3.8) is 0 Å². The summed E-state index contributed by atoms with van der Waals surface area (Å²) in [4.78, 5) is 25.2. The predicted molar refractivity (Wildman–Crippen MR) is 152 cm³/mol. The molecule has 0 saturated carbocycles. The van der Waals surface area contributed by atoms with Gasteiger partial charge < -0.3 is 14.8 Å². The third kappa shape index (κ3) is 8.19. The number of unbranched alkanes of at least 4 members (excludes halogenated alkanes) is 1. The summed E-state index contributed by atoms with van der Waals surface area (Å²) in [5, 5.41) is 2.75. The van der Waals surface area contributed by atoms with E-state index in [4.69, 9.17) is 4.74 Å². The number of methoxy groups -OCH3 is 1. The molecular formula is C31H39NO4S. The van der Waals surface area contributed by atoms with Crippen molar-refractivity contribution in [3.8, 4) is 16.9 Å². The Kier molecular flexibility index (Phi) is 9.93. The third-order valence-corrected chi connectivity index (χ3v) is 7.50. The number of rotatable bonds is 11. The SMILES string of the molecule is COC(=O)CCNC(=O)c1ccc(CCCCOc2cc(C)c(-c3ccc(C(C)(C)C)cc3)c(C)c2)s1. The molecule has 5 nitrogen and oxygen atoms in total. The number of thiophene rings is 1. The maximum atomic E-state index is 12.2. The number of nitrogens with one attached hydrogen (secondary N) is 1. The van der Waals surface area contributed by atoms with Gasteiger partial charge in [-0.2, -0.15) is 0 Å². The molecular weight excluding hydrogens is 482 g/mol. The summed E-state index contributed by atoms with van der Waals surface area (Å²) in [5.41, 5.74) is 6.43. The molecule has 0 unspecified atom stereocenters. The number of carbonyl (C=O) groups excluding carboxylic acids is 2. The van der Waals surface area contributed by atoms with Crippen LogP contribution in [0.5, 0.6) is 5.75 Å². The van der Waals surface area contributed by atoms with E-state index < -0.39 is 0 Å². The molecule has 0 saturated heterocycles. The fourth-order valence-electron chi connectivity index (χ4n) is 4.29. The Labute approximate surface area is 225 Å². The quantitative estimate of drug-likeness (QED) is 0.217. The van der Waals surface area contributed by atoms with Gasteiger partial charge in [0.05, 0.1) is 25.0 Å². The maximum Gasteiger partial charge on any atom is 0.307 e. The van der Waals surface area contributed by atoms with Crippen LogP contribution in [0.25, 0.3) is 11.1 Å². The van der Waals surface area contributed by atoms with Crippen molar-refractivity contribution in [1.29, 1.82) is 0 Å². The van der Waals surface area contributed by atoms with Gasteiger partial charge in [-0.3, -0.25) is 9.59 Å². The molecule has 0 aliphatic rings. The molecule has 2 aromatic carbocycles. The zero-order chi connectivity index (χ0) is 27.0. The monoisotopic (exact) mass is 521 g/mol. The Morgan fingerprint density at radius 2 is 1.62 bits per heavy atom. The highest BCUT2D eigenvalue weighted by molar-refractivity contribution is 7.14. The average molecular weight is 522 g/mol. The second-order valence-electron chi connectivity index (χ2n) is 10.4. The number of esters is 1. The summed E-state index contributed by atoms with van der Waals surface area (Å²) < 4.78 is 10.7. The summed E-state index contributed by atoms with van der Waals surface area (Å²) in [6, 6.07) is 17.0. The van der Waals surface area contributed by atoms with Crippen molar-refractivity contribution in [1.82, 2.24) is 5.32 Å². The lowest BCUT2D eigenvalue weighted by atomic mass is 9.85. The second kappa shape index (κ2) is 12.9. The molecule has 0 spiro atoms. The minimum Gasteiger partial charge on any atom is -0.494 e. The average Bonchev–Trinajstić information content (AvgIpc) is 3.32. The molecule has 0 fully saturated rings. The zero-order valence-corrected chi connectivity index (χ0v) is 23.7. The topological polar surface area (TPSA) is 64.6 Å². The van der Waals surface area contributed by atoms with Gasteiger partial charge >= 0.3 is 5.97 Å². The van der Waals surface area contributed by atoms with E-state index in [9.17, 15) is 9.59 Å². The lowest BCUT2D eigenvalue weighted by Crippen LogP contribution is -2.25. The molecule has 3 rings (SSSR count). The van der Waals surface area contributed by atoms with Crippen LogP contribution in [0, 0.1) is 13.8 Å². The molecule has 1 heterocycles. The minimum absolute atomic E-state index is 0.146. The highest BCUT2D eigenvalue weighted by atomic mass is 32.1. The fourth-order valence-corrected chi connectivity index (χ4v) is 5.26. The molecule has 6 heteroatoms. The van der Waals surface area contributed by atoms with Gasteiger partial charge in [0.2, 0.25) is 0 Å². The van der Waals surface area contributed by atoms with Crippen molar-refractivity contribution < 1.29 is 19.1 Å². The largest absolute Gasteiger partial charge is 0.494 e. The van der Waals surface area contributed by atoms with E-state index in [2.05, 4.69) is 81.1 Å². The molecule has 0 aliphatic heterocycles. The van der Waals surface area contributed by atoms with Crippen LogP contribution in [0.4, 0.5) is 0 Å². The van der Waals surface area contributed by atoms with E-state index in [1.54, 1.807) is 0 Å². The number of hydrogen-bond acceptors (Lipinski definition) is 5. The molecule has 37 heavy (non-hydrogen) atoms. The molecule has 1 amide bonds. The van der Waals surface area contributed by atoms with Crippen LogP contribution in [0.2, 0.25) is 0 Å². The van der Waals surface area contributed by atoms with Crippen LogP contribution in [0.1, 0.15) is 71.3 Å². The van der Waals surface area contributed by atoms with E-state index in [0.29, 0.717) is 11.5 Å². The Bertz CT molecular complexity index is 1180. The Morgan fingerprint density at radius 3 is 2.24 bits per heavy atom. The first-order chi connectivity index (χ1) is 17.6. The molecule has 198 valence electrons. The molecule has 1 aromatic heterocycles. The van der Waals surface area contributed by atoms with Crippen LogP contribution in [-0.2, 0) is 21.4 Å². The van der Waals surface area contributed by atoms with Gasteiger partial charge in [-0.25, -0.2) is 0 Å². The lowest BCUT2D eigenvalue weighted by Gasteiger charge is -2.20. The number of hydrogen-bond donors (Lipinski definition) is 1. The number of ether oxygens (including phenoxy) is 2. The molecule has 0 aliphatic carbocycles. The maximum absolute atomic E-state index is 12.2. The van der Waals surface area contributed by atoms with Crippen LogP contribution in [-0.4, -0.2) is 32.1 Å². The first kappa shape index (κ1) is 28.5. The van der Waals surface area contributed by atoms with Crippen molar-refractivity contribution in [2.45, 2.75) is 65.7 Å². The summed E-state index contributed by atoms with van der Waals surface area (Å²) in [5.74, 6) is 0.427. The molecule has 0 bridgehead atoms. The third-order valence-electron chi connectivity index (χ3n) is 6.36. The van der Waals surface area contributed by atoms with Crippen LogP contribution in [0.15, 0.2) is 48.5 Å². The van der Waals surface area contributed by atoms with Crippen LogP contribution in [0.3, 0.4) is 0 Å².